The number of hydrogen-bond acceptors (Lipinski definition) is 2. The van der Waals surface area contributed by atoms with E-state index in [-0.39, 0.29) is 23.6 Å². The summed E-state index contributed by atoms with van der Waals surface area (Å²) in [6.45, 7) is 7.28. The van der Waals surface area contributed by atoms with Gasteiger partial charge in [0.15, 0.2) is 11.5 Å². The van der Waals surface area contributed by atoms with E-state index in [1.165, 1.54) is 42.9 Å². The Labute approximate surface area is 161 Å². The highest BCUT2D eigenvalue weighted by Crippen LogP contribution is 2.58. The average Bonchev–Trinajstić information content (AvgIpc) is 2.61. The fourth-order valence-corrected chi connectivity index (χ4v) is 5.69. The van der Waals surface area contributed by atoms with E-state index >= 15 is 0 Å². The van der Waals surface area contributed by atoms with Crippen molar-refractivity contribution < 1.29 is 14.2 Å². The number of hydrogen-bond donors (Lipinski definition) is 1. The van der Waals surface area contributed by atoms with Crippen LogP contribution in [0.4, 0.5) is 4.39 Å². The largest absolute Gasteiger partial charge is 0.504 e. The molecule has 27 heavy (non-hydrogen) atoms. The quantitative estimate of drug-likeness (QED) is 0.705. The number of phenolic OH excluding ortho intramolecular Hbond substituents is 1. The summed E-state index contributed by atoms with van der Waals surface area (Å²) in [4.78, 5) is 0. The van der Waals surface area contributed by atoms with Crippen molar-refractivity contribution >= 4 is 0 Å². The Balaban J connectivity index is 1.63. The molecule has 0 bridgehead atoms. The summed E-state index contributed by atoms with van der Waals surface area (Å²) in [5, 5.41) is 10.6. The molecule has 0 aromatic heterocycles. The van der Waals surface area contributed by atoms with Crippen LogP contribution in [0.25, 0.3) is 0 Å². The lowest BCUT2D eigenvalue weighted by molar-refractivity contribution is 0.0405. The summed E-state index contributed by atoms with van der Waals surface area (Å²) < 4.78 is 19.6. The topological polar surface area (TPSA) is 29.5 Å². The SMILES string of the molecule is CC1(C)CCC[C@]2(C)c3cc(O)c(OCc4ccccc4F)cc3CC[C@@H]12. The highest BCUT2D eigenvalue weighted by molar-refractivity contribution is 5.51. The zero-order valence-corrected chi connectivity index (χ0v) is 16.5. The molecule has 0 aliphatic heterocycles. The number of benzene rings is 2. The van der Waals surface area contributed by atoms with Crippen LogP contribution < -0.4 is 4.74 Å². The summed E-state index contributed by atoms with van der Waals surface area (Å²) in [6.07, 6.45) is 5.86. The second-order valence-electron chi connectivity index (χ2n) is 9.21. The maximum absolute atomic E-state index is 13.8. The molecule has 1 N–H and O–H groups in total. The van der Waals surface area contributed by atoms with Crippen LogP contribution in [0, 0.1) is 17.2 Å². The van der Waals surface area contributed by atoms with Gasteiger partial charge in [-0.1, -0.05) is 45.4 Å². The number of aromatic hydroxyl groups is 1. The monoisotopic (exact) mass is 368 g/mol. The Bertz CT molecular complexity index is 857. The number of fused-ring (bicyclic) bond motifs is 3. The number of ether oxygens (including phenoxy) is 1. The molecule has 0 amide bonds. The minimum Gasteiger partial charge on any atom is -0.504 e. The first-order valence-electron chi connectivity index (χ1n) is 10.0. The summed E-state index contributed by atoms with van der Waals surface area (Å²) in [7, 11) is 0. The maximum Gasteiger partial charge on any atom is 0.161 e. The molecule has 0 unspecified atom stereocenters. The van der Waals surface area contributed by atoms with Crippen LogP contribution in [0.15, 0.2) is 36.4 Å². The van der Waals surface area contributed by atoms with Crippen molar-refractivity contribution in [3.63, 3.8) is 0 Å². The van der Waals surface area contributed by atoms with Crippen molar-refractivity contribution in [3.8, 4) is 11.5 Å². The second-order valence-corrected chi connectivity index (χ2v) is 9.21. The van der Waals surface area contributed by atoms with Crippen LogP contribution >= 0.6 is 0 Å². The van der Waals surface area contributed by atoms with Crippen LogP contribution in [-0.4, -0.2) is 5.11 Å². The lowest BCUT2D eigenvalue weighted by atomic mass is 9.50. The molecule has 0 heterocycles. The standard InChI is InChI=1S/C24H29FO2/c1-23(2)11-6-12-24(3)18-14-20(26)21(13-16(18)9-10-22(23)24)27-15-17-7-4-5-8-19(17)25/h4-5,7-8,13-14,22,26H,6,9-12,15H2,1-3H3/t22-,24+/m0/s1. The smallest absolute Gasteiger partial charge is 0.161 e. The van der Waals surface area contributed by atoms with E-state index in [1.54, 1.807) is 18.2 Å². The second kappa shape index (κ2) is 6.54. The molecule has 3 heteroatoms. The first-order valence-corrected chi connectivity index (χ1v) is 10.0. The van der Waals surface area contributed by atoms with E-state index in [0.717, 1.165) is 6.42 Å². The number of phenols is 1. The van der Waals surface area contributed by atoms with E-state index in [2.05, 4.69) is 20.8 Å². The molecule has 2 atom stereocenters. The fraction of sp³-hybridized carbons (Fsp3) is 0.500. The van der Waals surface area contributed by atoms with Gasteiger partial charge in [0.2, 0.25) is 0 Å². The van der Waals surface area contributed by atoms with E-state index in [1.807, 2.05) is 12.1 Å². The van der Waals surface area contributed by atoms with Gasteiger partial charge in [-0.25, -0.2) is 4.39 Å². The number of halogens is 1. The molecule has 4 rings (SSSR count). The van der Waals surface area contributed by atoms with E-state index < -0.39 is 0 Å². The molecule has 2 nitrogen and oxygen atoms in total. The predicted octanol–water partition coefficient (Wildman–Crippen LogP) is 6.14. The minimum absolute atomic E-state index is 0.108. The number of rotatable bonds is 3. The highest BCUT2D eigenvalue weighted by Gasteiger charge is 2.49. The number of aryl methyl sites for hydroxylation is 1. The molecule has 144 valence electrons. The Kier molecular flexibility index (Phi) is 4.44. The fourth-order valence-electron chi connectivity index (χ4n) is 5.69. The molecule has 2 aromatic carbocycles. The third-order valence-corrected chi connectivity index (χ3v) is 7.07. The van der Waals surface area contributed by atoms with E-state index in [4.69, 9.17) is 4.74 Å². The van der Waals surface area contributed by atoms with Gasteiger partial charge in [-0.05, 0) is 71.8 Å². The van der Waals surface area contributed by atoms with Crippen LogP contribution in [0.2, 0.25) is 0 Å². The summed E-state index contributed by atoms with van der Waals surface area (Å²) in [5.74, 6) is 0.968. The lowest BCUT2D eigenvalue weighted by Gasteiger charge is -2.54. The first kappa shape index (κ1) is 18.3. The van der Waals surface area contributed by atoms with Gasteiger partial charge < -0.3 is 9.84 Å². The molecule has 1 fully saturated rings. The van der Waals surface area contributed by atoms with Crippen molar-refractivity contribution in [2.24, 2.45) is 11.3 Å². The molecule has 0 saturated heterocycles. The van der Waals surface area contributed by atoms with Gasteiger partial charge in [0, 0.05) is 5.56 Å². The van der Waals surface area contributed by atoms with Gasteiger partial charge in [0.1, 0.15) is 12.4 Å². The zero-order valence-electron chi connectivity index (χ0n) is 16.5. The predicted molar refractivity (Wildman–Crippen MR) is 106 cm³/mol. The molecule has 2 aliphatic carbocycles. The summed E-state index contributed by atoms with van der Waals surface area (Å²) in [5.41, 5.74) is 3.49. The van der Waals surface area contributed by atoms with Gasteiger partial charge in [0.05, 0.1) is 0 Å². The van der Waals surface area contributed by atoms with Crippen molar-refractivity contribution in [2.45, 2.75) is 64.9 Å². The third-order valence-electron chi connectivity index (χ3n) is 7.07. The lowest BCUT2D eigenvalue weighted by Crippen LogP contribution is -2.47. The average molecular weight is 368 g/mol. The highest BCUT2D eigenvalue weighted by atomic mass is 19.1. The Morgan fingerprint density at radius 3 is 2.70 bits per heavy atom. The van der Waals surface area contributed by atoms with Gasteiger partial charge in [0.25, 0.3) is 0 Å². The summed E-state index contributed by atoms with van der Waals surface area (Å²) in [6, 6.07) is 10.5. The van der Waals surface area contributed by atoms with E-state index in [0.29, 0.717) is 22.6 Å². The molecular formula is C24H29FO2. The Morgan fingerprint density at radius 1 is 1.15 bits per heavy atom. The van der Waals surface area contributed by atoms with Crippen molar-refractivity contribution in [3.05, 3.63) is 58.9 Å². The Hall–Kier alpha value is -2.03. The van der Waals surface area contributed by atoms with Crippen molar-refractivity contribution in [1.29, 1.82) is 0 Å². The van der Waals surface area contributed by atoms with Crippen LogP contribution in [0.5, 0.6) is 11.5 Å². The van der Waals surface area contributed by atoms with Crippen LogP contribution in [0.1, 0.15) is 63.1 Å². The molecule has 1 saturated carbocycles. The molecule has 2 aromatic rings. The molecular weight excluding hydrogens is 339 g/mol. The van der Waals surface area contributed by atoms with E-state index in [9.17, 15) is 9.50 Å². The van der Waals surface area contributed by atoms with Gasteiger partial charge in [-0.15, -0.1) is 0 Å². The van der Waals surface area contributed by atoms with Gasteiger partial charge in [-0.3, -0.25) is 0 Å². The zero-order chi connectivity index (χ0) is 19.2. The Morgan fingerprint density at radius 2 is 1.93 bits per heavy atom. The third kappa shape index (κ3) is 3.11. The van der Waals surface area contributed by atoms with Gasteiger partial charge in [-0.2, -0.15) is 0 Å². The maximum atomic E-state index is 13.8. The van der Waals surface area contributed by atoms with Gasteiger partial charge >= 0.3 is 0 Å². The molecule has 0 radical (unpaired) electrons. The van der Waals surface area contributed by atoms with Crippen LogP contribution in [0.3, 0.4) is 0 Å². The minimum atomic E-state index is -0.283. The first-order chi connectivity index (χ1) is 12.8. The summed E-state index contributed by atoms with van der Waals surface area (Å²) >= 11 is 0. The molecule has 2 aliphatic rings. The van der Waals surface area contributed by atoms with Crippen LogP contribution in [-0.2, 0) is 18.4 Å². The normalized spacial score (nSPS) is 26.1. The van der Waals surface area contributed by atoms with Crippen molar-refractivity contribution in [2.75, 3.05) is 0 Å². The van der Waals surface area contributed by atoms with Crippen molar-refractivity contribution in [1.82, 2.24) is 0 Å². The molecule has 0 spiro atoms.